The molecule has 2 aromatic rings. The quantitative estimate of drug-likeness (QED) is 0.687. The van der Waals surface area contributed by atoms with E-state index in [1.165, 1.54) is 10.9 Å². The Labute approximate surface area is 86.6 Å². The van der Waals surface area contributed by atoms with Crippen molar-refractivity contribution in [2.24, 2.45) is 0 Å². The number of aromatic nitrogens is 2. The summed E-state index contributed by atoms with van der Waals surface area (Å²) in [6.45, 7) is 0. The lowest BCUT2D eigenvalue weighted by molar-refractivity contribution is 0.877. The molecule has 2 rings (SSSR count). The molecule has 0 bridgehead atoms. The normalized spacial score (nSPS) is 9.20. The third-order valence-electron chi connectivity index (χ3n) is 1.95. The Morgan fingerprint density at radius 3 is 2.73 bits per heavy atom. The van der Waals surface area contributed by atoms with Gasteiger partial charge in [0.1, 0.15) is 6.07 Å². The minimum atomic E-state index is 0.478. The molecule has 0 aliphatic carbocycles. The fraction of sp³-hybridized carbons (Fsp3) is 0. The second-order valence-electron chi connectivity index (χ2n) is 2.84. The molecule has 0 aliphatic rings. The Hall–Kier alpha value is -2.59. The molecule has 1 radical (unpaired) electrons. The Morgan fingerprint density at radius 2 is 2.13 bits per heavy atom. The molecule has 1 heterocycles. The standard InChI is InChI=1S/C11H5N4/c12-7-9-2-3-10(8-13)11(6-9)15-5-1-4-14-15/h2-6H. The second kappa shape index (κ2) is 3.65. The van der Waals surface area contributed by atoms with E-state index in [0.29, 0.717) is 16.8 Å². The van der Waals surface area contributed by atoms with Crippen LogP contribution in [0.1, 0.15) is 11.1 Å². The highest BCUT2D eigenvalue weighted by Crippen LogP contribution is 2.14. The van der Waals surface area contributed by atoms with Crippen LogP contribution in [0.15, 0.2) is 30.6 Å². The molecule has 0 unspecified atom stereocenters. The van der Waals surface area contributed by atoms with Crippen molar-refractivity contribution in [1.29, 1.82) is 10.5 Å². The van der Waals surface area contributed by atoms with Crippen molar-refractivity contribution in [3.8, 4) is 17.8 Å². The monoisotopic (exact) mass is 193 g/mol. The van der Waals surface area contributed by atoms with E-state index in [1.807, 2.05) is 6.07 Å². The van der Waals surface area contributed by atoms with Crippen LogP contribution in [0.5, 0.6) is 0 Å². The first-order valence-electron chi connectivity index (χ1n) is 4.20. The lowest BCUT2D eigenvalue weighted by Crippen LogP contribution is -1.98. The maximum atomic E-state index is 8.90. The maximum Gasteiger partial charge on any atom is 0.101 e. The van der Waals surface area contributed by atoms with Gasteiger partial charge in [-0.2, -0.15) is 15.6 Å². The summed E-state index contributed by atoms with van der Waals surface area (Å²) >= 11 is 0. The van der Waals surface area contributed by atoms with Gasteiger partial charge in [-0.25, -0.2) is 4.68 Å². The highest BCUT2D eigenvalue weighted by molar-refractivity contribution is 5.52. The van der Waals surface area contributed by atoms with E-state index in [4.69, 9.17) is 10.5 Å². The molecule has 0 amide bonds. The summed E-state index contributed by atoms with van der Waals surface area (Å²) in [5, 5.41) is 21.6. The van der Waals surface area contributed by atoms with Crippen molar-refractivity contribution in [3.05, 3.63) is 47.8 Å². The number of benzene rings is 1. The average Bonchev–Trinajstić information content (AvgIpc) is 2.81. The lowest BCUT2D eigenvalue weighted by Gasteiger charge is -2.03. The van der Waals surface area contributed by atoms with Crippen LogP contribution in [0, 0.1) is 28.7 Å². The SMILES string of the molecule is N#Cc1ccc(C#N)c(-n2c[c]cn2)c1. The minimum Gasteiger partial charge on any atom is -0.239 e. The maximum absolute atomic E-state index is 8.90. The van der Waals surface area contributed by atoms with Crippen molar-refractivity contribution >= 4 is 0 Å². The summed E-state index contributed by atoms with van der Waals surface area (Å²) in [5.41, 5.74) is 1.57. The molecule has 15 heavy (non-hydrogen) atoms. The molecule has 0 fully saturated rings. The summed E-state index contributed by atoms with van der Waals surface area (Å²) in [7, 11) is 0. The predicted octanol–water partition coefficient (Wildman–Crippen LogP) is 1.42. The number of rotatable bonds is 1. The zero-order valence-electron chi connectivity index (χ0n) is 7.68. The van der Waals surface area contributed by atoms with Crippen LogP contribution in [0.25, 0.3) is 5.69 Å². The Bertz CT molecular complexity index is 555. The summed E-state index contributed by atoms with van der Waals surface area (Å²) in [6.07, 6.45) is 3.11. The summed E-state index contributed by atoms with van der Waals surface area (Å²) < 4.78 is 1.51. The minimum absolute atomic E-state index is 0.478. The first-order valence-corrected chi connectivity index (χ1v) is 4.20. The molecule has 0 atom stereocenters. The van der Waals surface area contributed by atoms with Crippen molar-refractivity contribution < 1.29 is 0 Å². The number of nitriles is 2. The van der Waals surface area contributed by atoms with Crippen LogP contribution in [-0.2, 0) is 0 Å². The van der Waals surface area contributed by atoms with Crippen LogP contribution in [0.2, 0.25) is 0 Å². The van der Waals surface area contributed by atoms with E-state index in [9.17, 15) is 0 Å². The Morgan fingerprint density at radius 1 is 1.27 bits per heavy atom. The van der Waals surface area contributed by atoms with Crippen molar-refractivity contribution in [1.82, 2.24) is 9.78 Å². The van der Waals surface area contributed by atoms with Crippen LogP contribution in [0.3, 0.4) is 0 Å². The third kappa shape index (κ3) is 1.56. The van der Waals surface area contributed by atoms with Gasteiger partial charge in [0.05, 0.1) is 29.1 Å². The largest absolute Gasteiger partial charge is 0.239 e. The molecule has 4 heteroatoms. The van der Waals surface area contributed by atoms with Crippen molar-refractivity contribution in [2.45, 2.75) is 0 Å². The van der Waals surface area contributed by atoms with Crippen molar-refractivity contribution in [3.63, 3.8) is 0 Å². The fourth-order valence-electron chi connectivity index (χ4n) is 1.25. The smallest absolute Gasteiger partial charge is 0.101 e. The summed E-state index contributed by atoms with van der Waals surface area (Å²) in [5.74, 6) is 0. The van der Waals surface area contributed by atoms with Crippen LogP contribution < -0.4 is 0 Å². The van der Waals surface area contributed by atoms with Gasteiger partial charge in [-0.05, 0) is 18.2 Å². The van der Waals surface area contributed by atoms with Gasteiger partial charge in [0.15, 0.2) is 0 Å². The van der Waals surface area contributed by atoms with Crippen LogP contribution >= 0.6 is 0 Å². The zero-order chi connectivity index (χ0) is 10.7. The van der Waals surface area contributed by atoms with Gasteiger partial charge in [0.2, 0.25) is 0 Å². The fourth-order valence-corrected chi connectivity index (χ4v) is 1.25. The highest BCUT2D eigenvalue weighted by atomic mass is 15.3. The van der Waals surface area contributed by atoms with E-state index in [2.05, 4.69) is 17.2 Å². The molecule has 1 aromatic carbocycles. The lowest BCUT2D eigenvalue weighted by atomic mass is 10.1. The van der Waals surface area contributed by atoms with Crippen LogP contribution in [-0.4, -0.2) is 9.78 Å². The van der Waals surface area contributed by atoms with Gasteiger partial charge in [-0.1, -0.05) is 0 Å². The van der Waals surface area contributed by atoms with Gasteiger partial charge in [0, 0.05) is 12.3 Å². The highest BCUT2D eigenvalue weighted by Gasteiger charge is 2.05. The molecule has 69 valence electrons. The summed E-state index contributed by atoms with van der Waals surface area (Å²) in [4.78, 5) is 0. The molecule has 4 nitrogen and oxygen atoms in total. The molecular formula is C11H5N4. The number of hydrogen-bond acceptors (Lipinski definition) is 3. The first-order chi connectivity index (χ1) is 7.35. The first kappa shape index (κ1) is 8.98. The number of hydrogen-bond donors (Lipinski definition) is 0. The molecule has 0 aliphatic heterocycles. The van der Waals surface area contributed by atoms with Crippen LogP contribution in [0.4, 0.5) is 0 Å². The van der Waals surface area contributed by atoms with Gasteiger partial charge >= 0.3 is 0 Å². The third-order valence-corrected chi connectivity index (χ3v) is 1.95. The van der Waals surface area contributed by atoms with Gasteiger partial charge < -0.3 is 0 Å². The van der Waals surface area contributed by atoms with E-state index >= 15 is 0 Å². The molecule has 0 spiro atoms. The molecule has 1 aromatic heterocycles. The van der Waals surface area contributed by atoms with Crippen molar-refractivity contribution in [2.75, 3.05) is 0 Å². The van der Waals surface area contributed by atoms with E-state index < -0.39 is 0 Å². The zero-order valence-corrected chi connectivity index (χ0v) is 7.68. The topological polar surface area (TPSA) is 65.4 Å². The molecule has 0 saturated heterocycles. The number of nitrogens with zero attached hydrogens (tertiary/aromatic N) is 4. The summed E-state index contributed by atoms with van der Waals surface area (Å²) in [6, 6.07) is 11.7. The Balaban J connectivity index is 2.65. The molecule has 0 saturated carbocycles. The Kier molecular flexibility index (Phi) is 2.19. The average molecular weight is 193 g/mol. The van der Waals surface area contributed by atoms with E-state index in [0.717, 1.165) is 0 Å². The second-order valence-corrected chi connectivity index (χ2v) is 2.84. The van der Waals surface area contributed by atoms with Gasteiger partial charge in [-0.15, -0.1) is 0 Å². The molecule has 0 N–H and O–H groups in total. The van der Waals surface area contributed by atoms with Gasteiger partial charge in [0.25, 0.3) is 0 Å². The van der Waals surface area contributed by atoms with E-state index in [-0.39, 0.29) is 0 Å². The van der Waals surface area contributed by atoms with Gasteiger partial charge in [-0.3, -0.25) is 0 Å². The predicted molar refractivity (Wildman–Crippen MR) is 51.8 cm³/mol. The van der Waals surface area contributed by atoms with E-state index in [1.54, 1.807) is 24.4 Å². The molecular weight excluding hydrogens is 188 g/mol.